The van der Waals surface area contributed by atoms with Crippen molar-refractivity contribution in [2.75, 3.05) is 31.2 Å². The Hall–Kier alpha value is -0.0600. The van der Waals surface area contributed by atoms with E-state index in [0.29, 0.717) is 0 Å². The fourth-order valence-corrected chi connectivity index (χ4v) is 2.63. The van der Waals surface area contributed by atoms with Crippen molar-refractivity contribution in [2.24, 2.45) is 0 Å². The summed E-state index contributed by atoms with van der Waals surface area (Å²) < 4.78 is 6.49. The summed E-state index contributed by atoms with van der Waals surface area (Å²) in [6.45, 7) is 3.64. The van der Waals surface area contributed by atoms with Gasteiger partial charge in [0, 0.05) is 28.6 Å². The first kappa shape index (κ1) is 11.4. The minimum absolute atomic E-state index is 0.831. The number of alkyl halides is 1. The zero-order valence-corrected chi connectivity index (χ0v) is 11.6. The number of ether oxygens (including phenoxy) is 1. The minimum Gasteiger partial charge on any atom is -0.378 e. The molecule has 0 atom stereocenters. The molecule has 1 fully saturated rings. The van der Waals surface area contributed by atoms with Crippen molar-refractivity contribution >= 4 is 37.5 Å². The number of anilines is 1. The van der Waals surface area contributed by atoms with Gasteiger partial charge in [0.25, 0.3) is 0 Å². The van der Waals surface area contributed by atoms with Crippen LogP contribution in [0.1, 0.15) is 5.56 Å². The number of benzene rings is 1. The van der Waals surface area contributed by atoms with Crippen molar-refractivity contribution in [3.63, 3.8) is 0 Å². The van der Waals surface area contributed by atoms with Gasteiger partial charge in [-0.25, -0.2) is 0 Å². The van der Waals surface area contributed by atoms with Crippen LogP contribution in [0.2, 0.25) is 0 Å². The van der Waals surface area contributed by atoms with Crippen LogP contribution in [0.3, 0.4) is 0 Å². The Morgan fingerprint density at radius 1 is 1.27 bits per heavy atom. The third-order valence-electron chi connectivity index (χ3n) is 2.54. The smallest absolute Gasteiger partial charge is 0.0642 e. The van der Waals surface area contributed by atoms with Gasteiger partial charge in [0.1, 0.15) is 0 Å². The summed E-state index contributed by atoms with van der Waals surface area (Å²) in [6, 6.07) is 6.43. The van der Waals surface area contributed by atoms with Crippen LogP contribution in [-0.4, -0.2) is 26.3 Å². The van der Waals surface area contributed by atoms with Crippen molar-refractivity contribution in [1.82, 2.24) is 0 Å². The molecule has 0 N–H and O–H groups in total. The second kappa shape index (κ2) is 5.32. The van der Waals surface area contributed by atoms with Crippen LogP contribution in [0.5, 0.6) is 0 Å². The Balaban J connectivity index is 2.25. The Morgan fingerprint density at radius 3 is 2.67 bits per heavy atom. The van der Waals surface area contributed by atoms with E-state index in [1.807, 2.05) is 0 Å². The number of halogens is 2. The van der Waals surface area contributed by atoms with Crippen molar-refractivity contribution in [2.45, 2.75) is 5.33 Å². The fraction of sp³-hybridized carbons (Fsp3) is 0.455. The van der Waals surface area contributed by atoms with Crippen LogP contribution < -0.4 is 4.90 Å². The number of rotatable bonds is 2. The maximum Gasteiger partial charge on any atom is 0.0642 e. The van der Waals surface area contributed by atoms with Crippen molar-refractivity contribution in [3.8, 4) is 0 Å². The first-order valence-electron chi connectivity index (χ1n) is 4.98. The van der Waals surface area contributed by atoms with E-state index in [0.717, 1.165) is 36.1 Å². The highest BCUT2D eigenvalue weighted by Gasteiger charge is 2.14. The summed E-state index contributed by atoms with van der Waals surface area (Å²) in [5.74, 6) is 0. The van der Waals surface area contributed by atoms with Gasteiger partial charge in [-0.15, -0.1) is 0 Å². The Kier molecular flexibility index (Phi) is 4.05. The quantitative estimate of drug-likeness (QED) is 0.770. The van der Waals surface area contributed by atoms with Gasteiger partial charge in [-0.3, -0.25) is 0 Å². The molecule has 15 heavy (non-hydrogen) atoms. The first-order valence-corrected chi connectivity index (χ1v) is 6.90. The maximum atomic E-state index is 5.36. The van der Waals surface area contributed by atoms with E-state index in [2.05, 4.69) is 55.0 Å². The summed E-state index contributed by atoms with van der Waals surface area (Å²) in [4.78, 5) is 2.38. The third-order valence-corrected chi connectivity index (χ3v) is 3.63. The molecule has 1 aromatic carbocycles. The second-order valence-corrected chi connectivity index (χ2v) is 4.98. The molecule has 1 aliphatic heterocycles. The van der Waals surface area contributed by atoms with E-state index in [1.165, 1.54) is 11.3 Å². The lowest BCUT2D eigenvalue weighted by atomic mass is 10.2. The number of morpholine rings is 1. The largest absolute Gasteiger partial charge is 0.378 e. The van der Waals surface area contributed by atoms with Crippen LogP contribution in [0.15, 0.2) is 22.7 Å². The number of nitrogens with zero attached hydrogens (tertiary/aromatic N) is 1. The van der Waals surface area contributed by atoms with Crippen LogP contribution in [0, 0.1) is 0 Å². The van der Waals surface area contributed by atoms with Gasteiger partial charge in [0.2, 0.25) is 0 Å². The van der Waals surface area contributed by atoms with E-state index >= 15 is 0 Å². The molecule has 1 saturated heterocycles. The molecule has 82 valence electrons. The van der Waals surface area contributed by atoms with Crippen LogP contribution in [0.4, 0.5) is 5.69 Å². The van der Waals surface area contributed by atoms with Crippen LogP contribution in [-0.2, 0) is 10.1 Å². The van der Waals surface area contributed by atoms with Gasteiger partial charge >= 0.3 is 0 Å². The zero-order chi connectivity index (χ0) is 10.7. The molecule has 1 aromatic rings. The standard InChI is InChI=1S/C11H13Br2NO/c12-8-9-7-10(13)1-2-11(9)14-3-5-15-6-4-14/h1-2,7H,3-6,8H2. The van der Waals surface area contributed by atoms with Crippen molar-refractivity contribution in [3.05, 3.63) is 28.2 Å². The molecular weight excluding hydrogens is 322 g/mol. The molecule has 0 saturated carbocycles. The number of hydrogen-bond donors (Lipinski definition) is 0. The maximum absolute atomic E-state index is 5.36. The molecule has 0 spiro atoms. The van der Waals surface area contributed by atoms with Gasteiger partial charge in [0.05, 0.1) is 13.2 Å². The van der Waals surface area contributed by atoms with Gasteiger partial charge in [-0.2, -0.15) is 0 Å². The van der Waals surface area contributed by atoms with Crippen molar-refractivity contribution in [1.29, 1.82) is 0 Å². The van der Waals surface area contributed by atoms with E-state index < -0.39 is 0 Å². The lowest BCUT2D eigenvalue weighted by molar-refractivity contribution is 0.122. The summed E-state index contributed by atoms with van der Waals surface area (Å²) in [5, 5.41) is 0.888. The van der Waals surface area contributed by atoms with Gasteiger partial charge in [-0.05, 0) is 23.8 Å². The Labute approximate surface area is 107 Å². The molecule has 0 bridgehead atoms. The molecule has 1 heterocycles. The summed E-state index contributed by atoms with van der Waals surface area (Å²) in [7, 11) is 0. The van der Waals surface area contributed by atoms with E-state index in [9.17, 15) is 0 Å². The summed E-state index contributed by atoms with van der Waals surface area (Å²) in [5.41, 5.74) is 2.64. The molecule has 0 amide bonds. The number of hydrogen-bond acceptors (Lipinski definition) is 2. The average Bonchev–Trinajstić information content (AvgIpc) is 2.30. The van der Waals surface area contributed by atoms with Gasteiger partial charge < -0.3 is 9.64 Å². The normalized spacial score (nSPS) is 16.8. The van der Waals surface area contributed by atoms with Crippen LogP contribution in [0.25, 0.3) is 0 Å². The molecule has 2 nitrogen and oxygen atoms in total. The van der Waals surface area contributed by atoms with Crippen LogP contribution >= 0.6 is 31.9 Å². The summed E-state index contributed by atoms with van der Waals surface area (Å²) in [6.07, 6.45) is 0. The zero-order valence-electron chi connectivity index (χ0n) is 8.38. The second-order valence-electron chi connectivity index (χ2n) is 3.51. The molecule has 4 heteroatoms. The SMILES string of the molecule is BrCc1cc(Br)ccc1N1CCOCC1. The molecule has 2 rings (SSSR count). The summed E-state index contributed by atoms with van der Waals surface area (Å²) >= 11 is 7.03. The Bertz CT molecular complexity index is 337. The van der Waals surface area contributed by atoms with E-state index in [1.54, 1.807) is 0 Å². The average molecular weight is 335 g/mol. The topological polar surface area (TPSA) is 12.5 Å². The molecule has 0 radical (unpaired) electrons. The molecule has 0 aliphatic carbocycles. The van der Waals surface area contributed by atoms with Gasteiger partial charge in [0.15, 0.2) is 0 Å². The predicted octanol–water partition coefficient (Wildman–Crippen LogP) is 3.18. The van der Waals surface area contributed by atoms with E-state index in [-0.39, 0.29) is 0 Å². The first-order chi connectivity index (χ1) is 7.31. The molecule has 0 unspecified atom stereocenters. The fourth-order valence-electron chi connectivity index (χ4n) is 1.77. The molecule has 1 aliphatic rings. The highest BCUT2D eigenvalue weighted by molar-refractivity contribution is 9.10. The lowest BCUT2D eigenvalue weighted by Gasteiger charge is -2.30. The molecule has 0 aromatic heterocycles. The highest BCUT2D eigenvalue weighted by Crippen LogP contribution is 2.27. The molecular formula is C11H13Br2NO. The van der Waals surface area contributed by atoms with Crippen molar-refractivity contribution < 1.29 is 4.74 Å². The third kappa shape index (κ3) is 2.74. The minimum atomic E-state index is 0.831. The van der Waals surface area contributed by atoms with E-state index in [4.69, 9.17) is 4.74 Å². The predicted molar refractivity (Wildman–Crippen MR) is 69.8 cm³/mol. The lowest BCUT2D eigenvalue weighted by Crippen LogP contribution is -2.36. The monoisotopic (exact) mass is 333 g/mol. The Morgan fingerprint density at radius 2 is 2.00 bits per heavy atom. The highest BCUT2D eigenvalue weighted by atomic mass is 79.9. The van der Waals surface area contributed by atoms with Gasteiger partial charge in [-0.1, -0.05) is 31.9 Å².